The van der Waals surface area contributed by atoms with Gasteiger partial charge in [0.05, 0.1) is 0 Å². The van der Waals surface area contributed by atoms with E-state index in [1.54, 1.807) is 0 Å². The zero-order valence-electron chi connectivity index (χ0n) is 13.1. The zero-order chi connectivity index (χ0) is 14.4. The summed E-state index contributed by atoms with van der Waals surface area (Å²) in [6.45, 7) is 14.0. The van der Waals surface area contributed by atoms with Crippen molar-refractivity contribution in [1.29, 1.82) is 0 Å². The maximum Gasteiger partial charge on any atom is 0.157 e. The van der Waals surface area contributed by atoms with Crippen LogP contribution in [0.4, 0.5) is 0 Å². The molecular formula is C15H27N3O. The second-order valence-corrected chi connectivity index (χ2v) is 5.12. The van der Waals surface area contributed by atoms with Crippen LogP contribution in [0.15, 0.2) is 0 Å². The van der Waals surface area contributed by atoms with Crippen LogP contribution in [-0.2, 0) is 11.3 Å². The molecular weight excluding hydrogens is 238 g/mol. The standard InChI is InChI=1S/C15H27N3O/c1-7-14(19-8-2)15-17-11(5)13(12(6)18-15)9-16-10(3)4/h10,14,16H,7-9H2,1-6H3. The quantitative estimate of drug-likeness (QED) is 0.823. The number of aromatic nitrogens is 2. The second-order valence-electron chi connectivity index (χ2n) is 5.12. The summed E-state index contributed by atoms with van der Waals surface area (Å²) in [5, 5.41) is 3.42. The van der Waals surface area contributed by atoms with Crippen LogP contribution in [0.1, 0.15) is 63.0 Å². The molecule has 0 spiro atoms. The SMILES string of the molecule is CCOC(CC)c1nc(C)c(CNC(C)C)c(C)n1. The summed E-state index contributed by atoms with van der Waals surface area (Å²) in [4.78, 5) is 9.25. The molecule has 0 aliphatic heterocycles. The molecule has 0 fully saturated rings. The molecule has 0 aromatic carbocycles. The Balaban J connectivity index is 2.95. The Bertz CT molecular complexity index is 381. The van der Waals surface area contributed by atoms with Crippen molar-refractivity contribution in [3.05, 3.63) is 22.8 Å². The number of hydrogen-bond donors (Lipinski definition) is 1. The predicted molar refractivity (Wildman–Crippen MR) is 78.1 cm³/mol. The fraction of sp³-hybridized carbons (Fsp3) is 0.733. The summed E-state index contributed by atoms with van der Waals surface area (Å²) in [6.07, 6.45) is 0.908. The van der Waals surface area contributed by atoms with Crippen molar-refractivity contribution < 1.29 is 4.74 Å². The van der Waals surface area contributed by atoms with Gasteiger partial charge in [0.15, 0.2) is 5.82 Å². The molecule has 1 aromatic rings. The van der Waals surface area contributed by atoms with Crippen LogP contribution in [-0.4, -0.2) is 22.6 Å². The highest BCUT2D eigenvalue weighted by atomic mass is 16.5. The zero-order valence-corrected chi connectivity index (χ0v) is 13.1. The highest BCUT2D eigenvalue weighted by molar-refractivity contribution is 5.24. The molecule has 0 aliphatic rings. The van der Waals surface area contributed by atoms with Crippen molar-refractivity contribution in [3.8, 4) is 0 Å². The summed E-state index contributed by atoms with van der Waals surface area (Å²) in [7, 11) is 0. The molecule has 0 saturated carbocycles. The first-order valence-electron chi connectivity index (χ1n) is 7.18. The molecule has 1 atom stereocenters. The molecule has 1 aromatic heterocycles. The first kappa shape index (κ1) is 16.1. The smallest absolute Gasteiger partial charge is 0.157 e. The van der Waals surface area contributed by atoms with Crippen molar-refractivity contribution >= 4 is 0 Å². The average Bonchev–Trinajstić information content (AvgIpc) is 2.34. The van der Waals surface area contributed by atoms with Crippen molar-refractivity contribution in [3.63, 3.8) is 0 Å². The van der Waals surface area contributed by atoms with Gasteiger partial charge in [0.25, 0.3) is 0 Å². The summed E-state index contributed by atoms with van der Waals surface area (Å²) in [6, 6.07) is 0.463. The third kappa shape index (κ3) is 4.55. The van der Waals surface area contributed by atoms with Gasteiger partial charge in [0.2, 0.25) is 0 Å². The first-order valence-corrected chi connectivity index (χ1v) is 7.18. The Kier molecular flexibility index (Phi) is 6.38. The Hall–Kier alpha value is -1.00. The number of rotatable bonds is 7. The largest absolute Gasteiger partial charge is 0.371 e. The first-order chi connectivity index (χ1) is 8.99. The van der Waals surface area contributed by atoms with Crippen molar-refractivity contribution in [1.82, 2.24) is 15.3 Å². The van der Waals surface area contributed by atoms with Crippen LogP contribution in [0, 0.1) is 13.8 Å². The summed E-state index contributed by atoms with van der Waals surface area (Å²) >= 11 is 0. The minimum atomic E-state index is 0.00880. The lowest BCUT2D eigenvalue weighted by Gasteiger charge is -2.17. The van der Waals surface area contributed by atoms with Crippen LogP contribution in [0.3, 0.4) is 0 Å². The minimum absolute atomic E-state index is 0.00880. The number of nitrogens with one attached hydrogen (secondary N) is 1. The average molecular weight is 265 g/mol. The third-order valence-electron chi connectivity index (χ3n) is 3.15. The molecule has 1 N–H and O–H groups in total. The number of hydrogen-bond acceptors (Lipinski definition) is 4. The van der Waals surface area contributed by atoms with E-state index in [4.69, 9.17) is 4.74 Å². The topological polar surface area (TPSA) is 47.0 Å². The summed E-state index contributed by atoms with van der Waals surface area (Å²) in [5.41, 5.74) is 3.30. The van der Waals surface area contributed by atoms with E-state index in [0.29, 0.717) is 12.6 Å². The highest BCUT2D eigenvalue weighted by Crippen LogP contribution is 2.20. The lowest BCUT2D eigenvalue weighted by atomic mass is 10.1. The van der Waals surface area contributed by atoms with E-state index in [1.807, 2.05) is 20.8 Å². The molecule has 0 saturated heterocycles. The monoisotopic (exact) mass is 265 g/mol. The van der Waals surface area contributed by atoms with Crippen LogP contribution in [0.25, 0.3) is 0 Å². The molecule has 0 radical (unpaired) electrons. The minimum Gasteiger partial charge on any atom is -0.371 e. The van der Waals surface area contributed by atoms with Gasteiger partial charge in [-0.25, -0.2) is 9.97 Å². The van der Waals surface area contributed by atoms with Crippen LogP contribution >= 0.6 is 0 Å². The van der Waals surface area contributed by atoms with Crippen LogP contribution in [0.5, 0.6) is 0 Å². The maximum atomic E-state index is 5.68. The Morgan fingerprint density at radius 3 is 2.11 bits per heavy atom. The number of ether oxygens (including phenoxy) is 1. The fourth-order valence-electron chi connectivity index (χ4n) is 2.05. The molecule has 19 heavy (non-hydrogen) atoms. The van der Waals surface area contributed by atoms with Gasteiger partial charge in [-0.05, 0) is 27.2 Å². The van der Waals surface area contributed by atoms with E-state index in [0.717, 1.165) is 30.2 Å². The third-order valence-corrected chi connectivity index (χ3v) is 3.15. The second kappa shape index (κ2) is 7.56. The molecule has 0 amide bonds. The Labute approximate surface area is 117 Å². The van der Waals surface area contributed by atoms with E-state index >= 15 is 0 Å². The van der Waals surface area contributed by atoms with Crippen molar-refractivity contribution in [2.24, 2.45) is 0 Å². The lowest BCUT2D eigenvalue weighted by molar-refractivity contribution is 0.0532. The van der Waals surface area contributed by atoms with Crippen molar-refractivity contribution in [2.75, 3.05) is 6.61 Å². The van der Waals surface area contributed by atoms with Gasteiger partial charge in [-0.3, -0.25) is 0 Å². The normalized spacial score (nSPS) is 13.0. The van der Waals surface area contributed by atoms with Gasteiger partial charge in [-0.15, -0.1) is 0 Å². The molecule has 108 valence electrons. The van der Waals surface area contributed by atoms with E-state index < -0.39 is 0 Å². The van der Waals surface area contributed by atoms with E-state index in [1.165, 1.54) is 5.56 Å². The molecule has 1 unspecified atom stereocenters. The van der Waals surface area contributed by atoms with Gasteiger partial charge in [-0.2, -0.15) is 0 Å². The summed E-state index contributed by atoms with van der Waals surface area (Å²) in [5.74, 6) is 0.813. The number of nitrogens with zero attached hydrogens (tertiary/aromatic N) is 2. The fourth-order valence-corrected chi connectivity index (χ4v) is 2.05. The molecule has 4 heteroatoms. The van der Waals surface area contributed by atoms with E-state index in [2.05, 4.69) is 36.1 Å². The molecule has 0 bridgehead atoms. The van der Waals surface area contributed by atoms with Gasteiger partial charge >= 0.3 is 0 Å². The molecule has 1 rings (SSSR count). The van der Waals surface area contributed by atoms with Crippen LogP contribution in [0.2, 0.25) is 0 Å². The van der Waals surface area contributed by atoms with Gasteiger partial charge in [0.1, 0.15) is 6.10 Å². The van der Waals surface area contributed by atoms with Gasteiger partial charge in [0, 0.05) is 36.1 Å². The molecule has 4 nitrogen and oxygen atoms in total. The Morgan fingerprint density at radius 1 is 1.11 bits per heavy atom. The van der Waals surface area contributed by atoms with Gasteiger partial charge in [-0.1, -0.05) is 20.8 Å². The molecule has 1 heterocycles. The van der Waals surface area contributed by atoms with E-state index in [-0.39, 0.29) is 6.10 Å². The van der Waals surface area contributed by atoms with Crippen LogP contribution < -0.4 is 5.32 Å². The molecule has 0 aliphatic carbocycles. The van der Waals surface area contributed by atoms with Gasteiger partial charge < -0.3 is 10.1 Å². The maximum absolute atomic E-state index is 5.68. The highest BCUT2D eigenvalue weighted by Gasteiger charge is 2.16. The number of aryl methyl sites for hydroxylation is 2. The van der Waals surface area contributed by atoms with Crippen molar-refractivity contribution in [2.45, 2.75) is 66.7 Å². The lowest BCUT2D eigenvalue weighted by Crippen LogP contribution is -2.24. The predicted octanol–water partition coefficient (Wildman–Crippen LogP) is 3.08. The van der Waals surface area contributed by atoms with E-state index in [9.17, 15) is 0 Å². The summed E-state index contributed by atoms with van der Waals surface area (Å²) < 4.78 is 5.68. The Morgan fingerprint density at radius 2 is 1.68 bits per heavy atom.